The van der Waals surface area contributed by atoms with Crippen LogP contribution >= 0.6 is 0 Å². The van der Waals surface area contributed by atoms with Crippen LogP contribution < -0.4 is 16.6 Å². The van der Waals surface area contributed by atoms with Gasteiger partial charge in [-0.15, -0.1) is 0 Å². The van der Waals surface area contributed by atoms with Gasteiger partial charge < -0.3 is 20.1 Å². The van der Waals surface area contributed by atoms with E-state index in [1.807, 2.05) is 30.3 Å². The Balaban J connectivity index is 2.08. The fraction of sp³-hybridized carbons (Fsp3) is 0.312. The molecule has 25 heavy (non-hydrogen) atoms. The lowest BCUT2D eigenvalue weighted by Gasteiger charge is -2.13. The summed E-state index contributed by atoms with van der Waals surface area (Å²) in [5.74, 6) is 0.332. The summed E-state index contributed by atoms with van der Waals surface area (Å²) >= 11 is 0. The van der Waals surface area contributed by atoms with Crippen LogP contribution in [0, 0.1) is 0 Å². The Morgan fingerprint density at radius 3 is 2.68 bits per heavy atom. The van der Waals surface area contributed by atoms with Crippen molar-refractivity contribution in [3.05, 3.63) is 56.7 Å². The van der Waals surface area contributed by atoms with E-state index in [-0.39, 0.29) is 17.7 Å². The number of rotatable bonds is 6. The number of anilines is 1. The molecule has 3 rings (SSSR count). The summed E-state index contributed by atoms with van der Waals surface area (Å²) in [6.07, 6.45) is -1.06. The number of fused-ring (bicyclic) bond motifs is 1. The van der Waals surface area contributed by atoms with Gasteiger partial charge in [0.15, 0.2) is 11.2 Å². The summed E-state index contributed by atoms with van der Waals surface area (Å²) in [5, 5.41) is 22.0. The van der Waals surface area contributed by atoms with Crippen LogP contribution in [-0.2, 0) is 20.1 Å². The van der Waals surface area contributed by atoms with E-state index in [0.717, 1.165) is 5.56 Å². The van der Waals surface area contributed by atoms with Gasteiger partial charge in [-0.25, -0.2) is 4.79 Å². The maximum absolute atomic E-state index is 12.2. The van der Waals surface area contributed by atoms with Gasteiger partial charge in [-0.05, 0) is 5.56 Å². The highest BCUT2D eigenvalue weighted by molar-refractivity contribution is 5.74. The van der Waals surface area contributed by atoms with Gasteiger partial charge >= 0.3 is 5.69 Å². The molecule has 132 valence electrons. The van der Waals surface area contributed by atoms with Crippen molar-refractivity contribution in [3.8, 4) is 0 Å². The van der Waals surface area contributed by atoms with E-state index in [1.54, 1.807) is 0 Å². The van der Waals surface area contributed by atoms with Crippen LogP contribution in [0.25, 0.3) is 11.2 Å². The molecular formula is C16H19N5O4. The first-order valence-corrected chi connectivity index (χ1v) is 7.77. The van der Waals surface area contributed by atoms with Crippen molar-refractivity contribution in [1.29, 1.82) is 0 Å². The van der Waals surface area contributed by atoms with E-state index in [1.165, 1.54) is 16.2 Å². The number of imidazole rings is 1. The number of nitrogens with zero attached hydrogens (tertiary/aromatic N) is 3. The smallest absolute Gasteiger partial charge is 0.329 e. The molecule has 2 aromatic heterocycles. The second-order valence-electron chi connectivity index (χ2n) is 5.71. The number of hydrogen-bond acceptors (Lipinski definition) is 6. The van der Waals surface area contributed by atoms with Gasteiger partial charge in [-0.1, -0.05) is 30.3 Å². The zero-order valence-electron chi connectivity index (χ0n) is 13.6. The van der Waals surface area contributed by atoms with E-state index >= 15 is 0 Å². The zero-order valence-corrected chi connectivity index (χ0v) is 13.6. The quantitative estimate of drug-likeness (QED) is 0.472. The van der Waals surface area contributed by atoms with Crippen molar-refractivity contribution in [2.75, 3.05) is 11.9 Å². The Hall–Kier alpha value is -2.91. The highest BCUT2D eigenvalue weighted by atomic mass is 16.3. The van der Waals surface area contributed by atoms with Crippen molar-refractivity contribution in [2.24, 2.45) is 7.05 Å². The molecule has 0 aliphatic rings. The predicted octanol–water partition coefficient (Wildman–Crippen LogP) is -0.611. The maximum Gasteiger partial charge on any atom is 0.329 e. The molecule has 0 amide bonds. The van der Waals surface area contributed by atoms with Crippen molar-refractivity contribution >= 4 is 17.1 Å². The monoisotopic (exact) mass is 345 g/mol. The molecule has 0 unspecified atom stereocenters. The third-order valence-corrected chi connectivity index (χ3v) is 3.90. The number of aliphatic hydroxyl groups excluding tert-OH is 2. The highest BCUT2D eigenvalue weighted by Gasteiger charge is 2.19. The lowest BCUT2D eigenvalue weighted by Crippen LogP contribution is -2.30. The molecule has 2 heterocycles. The molecule has 0 spiro atoms. The van der Waals surface area contributed by atoms with Crippen molar-refractivity contribution in [2.45, 2.75) is 19.2 Å². The van der Waals surface area contributed by atoms with Crippen LogP contribution in [0.4, 0.5) is 5.95 Å². The number of aromatic amines is 1. The van der Waals surface area contributed by atoms with Crippen molar-refractivity contribution < 1.29 is 10.2 Å². The molecule has 0 saturated carbocycles. The minimum absolute atomic E-state index is 0.0363. The zero-order chi connectivity index (χ0) is 18.0. The van der Waals surface area contributed by atoms with Crippen LogP contribution in [0.1, 0.15) is 5.56 Å². The highest BCUT2D eigenvalue weighted by Crippen LogP contribution is 2.17. The number of hydrogen-bond donors (Lipinski definition) is 4. The van der Waals surface area contributed by atoms with Gasteiger partial charge in [-0.3, -0.25) is 14.3 Å². The Kier molecular flexibility index (Phi) is 4.68. The second kappa shape index (κ2) is 6.91. The van der Waals surface area contributed by atoms with Gasteiger partial charge in [0.05, 0.1) is 19.3 Å². The first kappa shape index (κ1) is 16.9. The lowest BCUT2D eigenvalue weighted by atomic mass is 10.2. The standard InChI is InChI=1S/C16H19N5O4/c1-20-13-12(14(24)19-16(20)25)21(8-11(23)9-22)15(18-13)17-7-10-5-3-2-4-6-10/h2-6,11,22-23H,7-9H2,1H3,(H,17,18)(H,19,24,25)/t11-/m1/s1. The third kappa shape index (κ3) is 3.32. The molecule has 0 saturated heterocycles. The minimum atomic E-state index is -1.06. The Labute approximate surface area is 142 Å². The topological polar surface area (TPSA) is 125 Å². The summed E-state index contributed by atoms with van der Waals surface area (Å²) in [6, 6.07) is 9.59. The van der Waals surface area contributed by atoms with Gasteiger partial charge in [-0.2, -0.15) is 4.98 Å². The molecule has 3 aromatic rings. The molecule has 4 N–H and O–H groups in total. The van der Waals surface area contributed by atoms with Crippen LogP contribution in [-0.4, -0.2) is 42.0 Å². The van der Waals surface area contributed by atoms with Crippen LogP contribution in [0.3, 0.4) is 0 Å². The first-order chi connectivity index (χ1) is 12.0. The average molecular weight is 345 g/mol. The number of aliphatic hydroxyl groups is 2. The number of nitrogens with one attached hydrogen (secondary N) is 2. The van der Waals surface area contributed by atoms with Gasteiger partial charge in [0.1, 0.15) is 0 Å². The number of benzene rings is 1. The molecular weight excluding hydrogens is 326 g/mol. The van der Waals surface area contributed by atoms with Gasteiger partial charge in [0.2, 0.25) is 5.95 Å². The average Bonchev–Trinajstić information content (AvgIpc) is 2.97. The van der Waals surface area contributed by atoms with Crippen molar-refractivity contribution in [3.63, 3.8) is 0 Å². The summed E-state index contributed by atoms with van der Waals surface area (Å²) in [4.78, 5) is 30.6. The Morgan fingerprint density at radius 2 is 2.00 bits per heavy atom. The Bertz CT molecular complexity index is 989. The van der Waals surface area contributed by atoms with Gasteiger partial charge in [0, 0.05) is 13.6 Å². The summed E-state index contributed by atoms with van der Waals surface area (Å²) in [6.45, 7) is -0.0435. The molecule has 0 fully saturated rings. The van der Waals surface area contributed by atoms with E-state index < -0.39 is 24.0 Å². The molecule has 9 heteroatoms. The number of aromatic nitrogens is 4. The van der Waals surface area contributed by atoms with Gasteiger partial charge in [0.25, 0.3) is 5.56 Å². The summed E-state index contributed by atoms with van der Waals surface area (Å²) in [5.41, 5.74) is 0.203. The van der Waals surface area contributed by atoms with Crippen LogP contribution in [0.5, 0.6) is 0 Å². The predicted molar refractivity (Wildman–Crippen MR) is 92.5 cm³/mol. The molecule has 1 aromatic carbocycles. The molecule has 0 radical (unpaired) electrons. The normalized spacial score (nSPS) is 12.4. The third-order valence-electron chi connectivity index (χ3n) is 3.90. The summed E-state index contributed by atoms with van der Waals surface area (Å²) < 4.78 is 2.70. The number of aryl methyl sites for hydroxylation is 1. The molecule has 9 nitrogen and oxygen atoms in total. The van der Waals surface area contributed by atoms with E-state index in [4.69, 9.17) is 5.11 Å². The molecule has 1 atom stereocenters. The maximum atomic E-state index is 12.2. The Morgan fingerprint density at radius 1 is 1.28 bits per heavy atom. The summed E-state index contributed by atoms with van der Waals surface area (Å²) in [7, 11) is 1.50. The lowest BCUT2D eigenvalue weighted by molar-refractivity contribution is 0.0825. The largest absolute Gasteiger partial charge is 0.394 e. The minimum Gasteiger partial charge on any atom is -0.394 e. The molecule has 0 aliphatic carbocycles. The SMILES string of the molecule is Cn1c(=O)[nH]c(=O)c2c1nc(NCc1ccccc1)n2C[C@@H](O)CO. The molecule has 0 aliphatic heterocycles. The van der Waals surface area contributed by atoms with E-state index in [2.05, 4.69) is 15.3 Å². The van der Waals surface area contributed by atoms with E-state index in [9.17, 15) is 14.7 Å². The first-order valence-electron chi connectivity index (χ1n) is 7.77. The van der Waals surface area contributed by atoms with E-state index in [0.29, 0.717) is 12.5 Å². The fourth-order valence-electron chi connectivity index (χ4n) is 2.59. The van der Waals surface area contributed by atoms with Crippen LogP contribution in [0.15, 0.2) is 39.9 Å². The second-order valence-corrected chi connectivity index (χ2v) is 5.71. The fourth-order valence-corrected chi connectivity index (χ4v) is 2.59. The van der Waals surface area contributed by atoms with Crippen molar-refractivity contribution in [1.82, 2.24) is 19.1 Å². The van der Waals surface area contributed by atoms with Crippen LogP contribution in [0.2, 0.25) is 0 Å². The number of H-pyrrole nitrogens is 1. The molecule has 0 bridgehead atoms.